The minimum Gasteiger partial charge on any atom is -0.483 e. The molecule has 2 N–H and O–H groups in total. The molecular formula is C12H13FN2OS. The van der Waals surface area contributed by atoms with Crippen molar-refractivity contribution in [1.29, 1.82) is 0 Å². The van der Waals surface area contributed by atoms with E-state index in [1.54, 1.807) is 6.07 Å². The van der Waals surface area contributed by atoms with E-state index < -0.39 is 5.82 Å². The Labute approximate surface area is 103 Å². The third kappa shape index (κ3) is 2.74. The number of aromatic nitrogens is 1. The zero-order valence-corrected chi connectivity index (χ0v) is 10.5. The van der Waals surface area contributed by atoms with Crippen molar-refractivity contribution in [3.05, 3.63) is 39.6 Å². The van der Waals surface area contributed by atoms with Crippen LogP contribution < -0.4 is 10.5 Å². The molecule has 0 radical (unpaired) electrons. The first-order valence-electron chi connectivity index (χ1n) is 5.15. The Hall–Kier alpha value is -1.62. The number of nitrogen functional groups attached to an aromatic ring is 1. The van der Waals surface area contributed by atoms with Crippen LogP contribution in [0.4, 0.5) is 10.1 Å². The number of ether oxygens (including phenoxy) is 1. The third-order valence-electron chi connectivity index (χ3n) is 2.34. The van der Waals surface area contributed by atoms with Gasteiger partial charge in [0.05, 0.1) is 0 Å². The van der Waals surface area contributed by atoms with Gasteiger partial charge in [0.15, 0.2) is 11.6 Å². The molecule has 17 heavy (non-hydrogen) atoms. The van der Waals surface area contributed by atoms with E-state index in [1.165, 1.54) is 17.4 Å². The fraction of sp³-hybridized carbons (Fsp3) is 0.250. The Balaban J connectivity index is 2.11. The summed E-state index contributed by atoms with van der Waals surface area (Å²) < 4.78 is 18.9. The van der Waals surface area contributed by atoms with Crippen LogP contribution in [-0.2, 0) is 6.61 Å². The van der Waals surface area contributed by atoms with Crippen LogP contribution in [-0.4, -0.2) is 4.98 Å². The summed E-state index contributed by atoms with van der Waals surface area (Å²) in [5, 5.41) is 2.76. The van der Waals surface area contributed by atoms with Crippen molar-refractivity contribution >= 4 is 17.0 Å². The van der Waals surface area contributed by atoms with Crippen LogP contribution in [0.5, 0.6) is 5.75 Å². The molecule has 2 rings (SSSR count). The van der Waals surface area contributed by atoms with Crippen LogP contribution in [0, 0.1) is 19.7 Å². The van der Waals surface area contributed by atoms with Crippen molar-refractivity contribution in [3.63, 3.8) is 0 Å². The average molecular weight is 252 g/mol. The lowest BCUT2D eigenvalue weighted by atomic mass is 10.2. The van der Waals surface area contributed by atoms with Gasteiger partial charge in [-0.25, -0.2) is 9.37 Å². The molecule has 5 heteroatoms. The predicted molar refractivity (Wildman–Crippen MR) is 66.7 cm³/mol. The van der Waals surface area contributed by atoms with E-state index in [0.717, 1.165) is 16.3 Å². The lowest BCUT2D eigenvalue weighted by Crippen LogP contribution is -1.99. The summed E-state index contributed by atoms with van der Waals surface area (Å²) in [4.78, 5) is 4.24. The Kier molecular flexibility index (Phi) is 3.28. The van der Waals surface area contributed by atoms with Gasteiger partial charge in [-0.3, -0.25) is 0 Å². The Bertz CT molecular complexity index is 539. The van der Waals surface area contributed by atoms with Crippen LogP contribution in [0.2, 0.25) is 0 Å². The number of nitrogens with two attached hydrogens (primary N) is 1. The number of hydrogen-bond acceptors (Lipinski definition) is 4. The smallest absolute Gasteiger partial charge is 0.167 e. The number of nitrogens with zero attached hydrogens (tertiary/aromatic N) is 1. The molecule has 0 aliphatic rings. The highest BCUT2D eigenvalue weighted by Gasteiger charge is 2.08. The Morgan fingerprint density at radius 2 is 2.18 bits per heavy atom. The molecule has 0 unspecified atom stereocenters. The van der Waals surface area contributed by atoms with Gasteiger partial charge in [0.2, 0.25) is 0 Å². The van der Waals surface area contributed by atoms with Crippen molar-refractivity contribution in [2.45, 2.75) is 20.5 Å². The quantitative estimate of drug-likeness (QED) is 0.854. The van der Waals surface area contributed by atoms with Crippen molar-refractivity contribution < 1.29 is 9.13 Å². The fourth-order valence-electron chi connectivity index (χ4n) is 1.39. The summed E-state index contributed by atoms with van der Waals surface area (Å²) in [6, 6.07) is 2.88. The van der Waals surface area contributed by atoms with Crippen molar-refractivity contribution in [1.82, 2.24) is 4.98 Å². The number of anilines is 1. The van der Waals surface area contributed by atoms with Gasteiger partial charge in [-0.2, -0.15) is 0 Å². The maximum absolute atomic E-state index is 13.5. The van der Waals surface area contributed by atoms with Crippen molar-refractivity contribution in [2.24, 2.45) is 0 Å². The van der Waals surface area contributed by atoms with E-state index in [-0.39, 0.29) is 12.4 Å². The molecule has 1 aromatic heterocycles. The maximum atomic E-state index is 13.5. The third-order valence-corrected chi connectivity index (χ3v) is 3.28. The number of halogens is 1. The van der Waals surface area contributed by atoms with Crippen LogP contribution in [0.15, 0.2) is 17.5 Å². The normalized spacial score (nSPS) is 10.5. The minimum atomic E-state index is -0.443. The van der Waals surface area contributed by atoms with E-state index >= 15 is 0 Å². The Morgan fingerprint density at radius 3 is 2.82 bits per heavy atom. The van der Waals surface area contributed by atoms with E-state index in [9.17, 15) is 4.39 Å². The van der Waals surface area contributed by atoms with Crippen molar-refractivity contribution in [2.75, 3.05) is 5.73 Å². The molecule has 0 saturated heterocycles. The predicted octanol–water partition coefficient (Wildman–Crippen LogP) is 3.06. The van der Waals surface area contributed by atoms with E-state index in [4.69, 9.17) is 10.5 Å². The van der Waals surface area contributed by atoms with E-state index in [1.807, 2.05) is 19.2 Å². The standard InChI is InChI=1S/C12H13FN2OS/c1-7-3-11(9(13)4-10(7)14)16-5-12-15-8(2)6-17-12/h3-4,6H,5,14H2,1-2H3. The first kappa shape index (κ1) is 11.9. The largest absolute Gasteiger partial charge is 0.483 e. The van der Waals surface area contributed by atoms with Crippen LogP contribution in [0.25, 0.3) is 0 Å². The molecule has 1 heterocycles. The second-order valence-electron chi connectivity index (χ2n) is 3.81. The minimum absolute atomic E-state index is 0.213. The molecule has 90 valence electrons. The molecule has 0 spiro atoms. The summed E-state index contributed by atoms with van der Waals surface area (Å²) in [6.45, 7) is 4.00. The molecule has 0 aliphatic carbocycles. The zero-order chi connectivity index (χ0) is 12.4. The molecule has 0 fully saturated rings. The molecule has 0 amide bonds. The van der Waals surface area contributed by atoms with Gasteiger partial charge >= 0.3 is 0 Å². The van der Waals surface area contributed by atoms with Gasteiger partial charge in [0.25, 0.3) is 0 Å². The number of aryl methyl sites for hydroxylation is 2. The number of thiazole rings is 1. The highest BCUT2D eigenvalue weighted by molar-refractivity contribution is 7.09. The first-order valence-corrected chi connectivity index (χ1v) is 6.03. The molecule has 0 bridgehead atoms. The van der Waals surface area contributed by atoms with Gasteiger partial charge in [0.1, 0.15) is 11.6 Å². The summed E-state index contributed by atoms with van der Waals surface area (Å²) >= 11 is 1.50. The SMILES string of the molecule is Cc1csc(COc2cc(C)c(N)cc2F)n1. The summed E-state index contributed by atoms with van der Waals surface area (Å²) in [6.07, 6.45) is 0. The fourth-order valence-corrected chi connectivity index (χ4v) is 2.07. The number of hydrogen-bond donors (Lipinski definition) is 1. The monoisotopic (exact) mass is 252 g/mol. The van der Waals surface area contributed by atoms with Gasteiger partial charge in [0, 0.05) is 22.8 Å². The van der Waals surface area contributed by atoms with Crippen LogP contribution in [0.3, 0.4) is 0 Å². The van der Waals surface area contributed by atoms with E-state index in [0.29, 0.717) is 5.69 Å². The summed E-state index contributed by atoms with van der Waals surface area (Å²) in [5.41, 5.74) is 7.77. The maximum Gasteiger partial charge on any atom is 0.167 e. The molecule has 0 atom stereocenters. The molecule has 1 aromatic carbocycles. The zero-order valence-electron chi connectivity index (χ0n) is 9.66. The second-order valence-corrected chi connectivity index (χ2v) is 4.75. The topological polar surface area (TPSA) is 48.1 Å². The lowest BCUT2D eigenvalue weighted by molar-refractivity contribution is 0.289. The average Bonchev–Trinajstić information content (AvgIpc) is 2.68. The van der Waals surface area contributed by atoms with Gasteiger partial charge in [-0.05, 0) is 25.5 Å². The van der Waals surface area contributed by atoms with E-state index in [2.05, 4.69) is 4.98 Å². The molecular weight excluding hydrogens is 239 g/mol. The van der Waals surface area contributed by atoms with Crippen LogP contribution >= 0.6 is 11.3 Å². The number of benzene rings is 1. The summed E-state index contributed by atoms with van der Waals surface area (Å²) in [5.74, 6) is -0.231. The van der Waals surface area contributed by atoms with Gasteiger partial charge in [-0.15, -0.1) is 11.3 Å². The lowest BCUT2D eigenvalue weighted by Gasteiger charge is -2.08. The van der Waals surface area contributed by atoms with Gasteiger partial charge in [-0.1, -0.05) is 0 Å². The molecule has 2 aromatic rings. The second kappa shape index (κ2) is 4.71. The first-order chi connectivity index (χ1) is 8.06. The Morgan fingerprint density at radius 1 is 1.41 bits per heavy atom. The van der Waals surface area contributed by atoms with Crippen molar-refractivity contribution in [3.8, 4) is 5.75 Å². The molecule has 0 saturated carbocycles. The molecule has 3 nitrogen and oxygen atoms in total. The molecule has 0 aliphatic heterocycles. The summed E-state index contributed by atoms with van der Waals surface area (Å²) in [7, 11) is 0. The van der Waals surface area contributed by atoms with Crippen LogP contribution in [0.1, 0.15) is 16.3 Å². The number of rotatable bonds is 3. The highest BCUT2D eigenvalue weighted by atomic mass is 32.1. The van der Waals surface area contributed by atoms with Gasteiger partial charge < -0.3 is 10.5 Å². The highest BCUT2D eigenvalue weighted by Crippen LogP contribution is 2.24.